The van der Waals surface area contributed by atoms with Crippen molar-refractivity contribution in [3.63, 3.8) is 0 Å². The van der Waals surface area contributed by atoms with E-state index < -0.39 is 8.32 Å². The molecule has 5 nitrogen and oxygen atoms in total. The number of aromatic nitrogens is 1. The fourth-order valence-electron chi connectivity index (χ4n) is 5.14. The molecule has 0 saturated heterocycles. The first-order valence-electron chi connectivity index (χ1n) is 14.8. The van der Waals surface area contributed by atoms with Crippen LogP contribution < -0.4 is 4.90 Å². The largest absolute Gasteiger partial charge is 0.417 e. The van der Waals surface area contributed by atoms with Crippen LogP contribution in [0.3, 0.4) is 0 Å². The van der Waals surface area contributed by atoms with Gasteiger partial charge in [0.1, 0.15) is 5.76 Å². The number of nitrogens with zero attached hydrogens (tertiary/aromatic N) is 3. The van der Waals surface area contributed by atoms with Crippen molar-refractivity contribution in [2.45, 2.75) is 104 Å². The van der Waals surface area contributed by atoms with E-state index in [4.69, 9.17) is 15.5 Å². The van der Waals surface area contributed by atoms with E-state index in [9.17, 15) is 0 Å². The smallest absolute Gasteiger partial charge is 0.258 e. The zero-order valence-electron chi connectivity index (χ0n) is 25.9. The van der Waals surface area contributed by atoms with Gasteiger partial charge in [0.2, 0.25) is 0 Å². The highest BCUT2D eigenvalue weighted by Crippen LogP contribution is 2.50. The average Bonchev–Trinajstić information content (AvgIpc) is 3.64. The summed E-state index contributed by atoms with van der Waals surface area (Å²) in [6.07, 6.45) is 6.49. The molecule has 0 amide bonds. The van der Waals surface area contributed by atoms with Crippen LogP contribution in [0, 0.1) is 27.3 Å². The maximum Gasteiger partial charge on any atom is 0.258 e. The number of anilines is 2. The number of unbranched alkanes of at least 4 members (excludes halogenated alkanes) is 3. The Morgan fingerprint density at radius 3 is 2.25 bits per heavy atom. The molecule has 0 bridgehead atoms. The predicted octanol–water partition coefficient (Wildman–Crippen LogP) is 9.90. The SMILES string of the molecule is [C-]#[N+]C1(c2ccc(N(CCCCCCO[Si](C)(C)C(C)(C)C)c3cc(-c4c(C)noc4C)ccc3C)cc2)CC1. The summed E-state index contributed by atoms with van der Waals surface area (Å²) in [7, 11) is -1.68. The maximum absolute atomic E-state index is 7.65. The van der Waals surface area contributed by atoms with E-state index in [0.717, 1.165) is 67.0 Å². The third-order valence-electron chi connectivity index (χ3n) is 9.02. The number of hydrogen-bond acceptors (Lipinski definition) is 4. The molecule has 0 N–H and O–H groups in total. The molecule has 1 aliphatic carbocycles. The van der Waals surface area contributed by atoms with Crippen LogP contribution in [0.1, 0.15) is 81.9 Å². The van der Waals surface area contributed by atoms with Crippen LogP contribution in [-0.4, -0.2) is 26.6 Å². The van der Waals surface area contributed by atoms with Gasteiger partial charge >= 0.3 is 0 Å². The minimum atomic E-state index is -1.68. The van der Waals surface area contributed by atoms with Gasteiger partial charge in [0.05, 0.1) is 5.69 Å². The molecule has 3 aromatic rings. The highest BCUT2D eigenvalue weighted by Gasteiger charge is 2.52. The summed E-state index contributed by atoms with van der Waals surface area (Å²) in [5.74, 6) is 0.844. The molecule has 1 heterocycles. The number of aryl methyl sites for hydroxylation is 3. The van der Waals surface area contributed by atoms with Crippen molar-refractivity contribution in [2.75, 3.05) is 18.1 Å². The second-order valence-electron chi connectivity index (χ2n) is 13.1. The molecular weight excluding hydrogens is 510 g/mol. The first-order valence-corrected chi connectivity index (χ1v) is 17.7. The third kappa shape index (κ3) is 6.53. The second-order valence-corrected chi connectivity index (χ2v) is 17.9. The molecule has 40 heavy (non-hydrogen) atoms. The summed E-state index contributed by atoms with van der Waals surface area (Å²) < 4.78 is 11.9. The Morgan fingerprint density at radius 1 is 1.00 bits per heavy atom. The van der Waals surface area contributed by atoms with Crippen LogP contribution in [0.2, 0.25) is 18.1 Å². The zero-order valence-corrected chi connectivity index (χ0v) is 26.9. The number of benzene rings is 2. The van der Waals surface area contributed by atoms with Gasteiger partial charge in [-0.25, -0.2) is 6.57 Å². The van der Waals surface area contributed by atoms with Crippen molar-refractivity contribution < 1.29 is 8.95 Å². The summed E-state index contributed by atoms with van der Waals surface area (Å²) in [5, 5.41) is 4.44. The second kappa shape index (κ2) is 11.9. The van der Waals surface area contributed by atoms with Gasteiger partial charge in [0.15, 0.2) is 8.32 Å². The van der Waals surface area contributed by atoms with E-state index >= 15 is 0 Å². The fraction of sp³-hybridized carbons (Fsp3) is 0.529. The first-order chi connectivity index (χ1) is 18.9. The van der Waals surface area contributed by atoms with Crippen LogP contribution >= 0.6 is 0 Å². The molecule has 1 aliphatic rings. The predicted molar refractivity (Wildman–Crippen MR) is 169 cm³/mol. The van der Waals surface area contributed by atoms with Gasteiger partial charge in [0, 0.05) is 48.5 Å². The lowest BCUT2D eigenvalue weighted by Gasteiger charge is -2.36. The Kier molecular flexibility index (Phi) is 8.97. The minimum absolute atomic E-state index is 0.257. The molecule has 0 unspecified atom stereocenters. The molecule has 0 radical (unpaired) electrons. The fourth-order valence-corrected chi connectivity index (χ4v) is 6.23. The van der Waals surface area contributed by atoms with Gasteiger partial charge in [-0.1, -0.05) is 50.9 Å². The van der Waals surface area contributed by atoms with Crippen LogP contribution in [0.25, 0.3) is 16.0 Å². The molecule has 1 fully saturated rings. The Bertz CT molecular complexity index is 1320. The van der Waals surface area contributed by atoms with Crippen molar-refractivity contribution in [3.8, 4) is 11.1 Å². The van der Waals surface area contributed by atoms with E-state index in [2.05, 4.69) is 98.2 Å². The van der Waals surface area contributed by atoms with Crippen molar-refractivity contribution in [1.82, 2.24) is 5.16 Å². The maximum atomic E-state index is 7.65. The first kappa shape index (κ1) is 30.1. The highest BCUT2D eigenvalue weighted by molar-refractivity contribution is 6.74. The third-order valence-corrected chi connectivity index (χ3v) is 13.6. The Labute approximate surface area is 242 Å². The lowest BCUT2D eigenvalue weighted by atomic mass is 10.00. The zero-order chi connectivity index (χ0) is 29.1. The van der Waals surface area contributed by atoms with Gasteiger partial charge in [-0.2, -0.15) is 0 Å². The van der Waals surface area contributed by atoms with Crippen LogP contribution in [0.5, 0.6) is 0 Å². The summed E-state index contributed by atoms with van der Waals surface area (Å²) >= 11 is 0. The van der Waals surface area contributed by atoms with Crippen molar-refractivity contribution in [1.29, 1.82) is 0 Å². The molecule has 1 saturated carbocycles. The standard InChI is InChI=1S/C34H47N3O2Si/c1-25-14-15-28(32-26(2)36-39-27(32)3)24-31(25)37(30-18-16-29(17-19-30)34(35-7)20-21-34)22-12-10-11-13-23-38-40(8,9)33(4,5)6/h14-19,24H,10-13,20-23H2,1-6,8-9H3. The van der Waals surface area contributed by atoms with E-state index in [1.165, 1.54) is 29.8 Å². The Balaban J connectivity index is 1.50. The molecule has 214 valence electrons. The molecule has 0 spiro atoms. The molecule has 4 rings (SSSR count). The average molecular weight is 558 g/mol. The van der Waals surface area contributed by atoms with Gasteiger partial charge in [-0.3, -0.25) is 0 Å². The van der Waals surface area contributed by atoms with E-state index in [1.807, 2.05) is 13.8 Å². The van der Waals surface area contributed by atoms with Crippen LogP contribution in [0.15, 0.2) is 47.0 Å². The summed E-state index contributed by atoms with van der Waals surface area (Å²) in [5.41, 5.74) is 7.60. The lowest BCUT2D eigenvalue weighted by molar-refractivity contribution is 0.277. The van der Waals surface area contributed by atoms with Crippen molar-refractivity contribution in [2.24, 2.45) is 0 Å². The van der Waals surface area contributed by atoms with Crippen molar-refractivity contribution in [3.05, 3.63) is 76.5 Å². The number of hydrogen-bond donors (Lipinski definition) is 0. The lowest BCUT2D eigenvalue weighted by Crippen LogP contribution is -2.40. The molecule has 0 aliphatic heterocycles. The summed E-state index contributed by atoms with van der Waals surface area (Å²) in [6.45, 7) is 27.2. The van der Waals surface area contributed by atoms with Gasteiger partial charge in [-0.15, -0.1) is 0 Å². The minimum Gasteiger partial charge on any atom is -0.417 e. The topological polar surface area (TPSA) is 42.9 Å². The molecule has 2 aromatic carbocycles. The van der Waals surface area contributed by atoms with E-state index in [-0.39, 0.29) is 10.6 Å². The van der Waals surface area contributed by atoms with Gasteiger partial charge in [-0.05, 0) is 93.2 Å². The quantitative estimate of drug-likeness (QED) is 0.126. The van der Waals surface area contributed by atoms with Crippen LogP contribution in [0.4, 0.5) is 11.4 Å². The molecule has 6 heteroatoms. The molecular formula is C34H47N3O2Si. The molecule has 1 aromatic heterocycles. The van der Waals surface area contributed by atoms with E-state index in [1.54, 1.807) is 0 Å². The number of rotatable bonds is 12. The van der Waals surface area contributed by atoms with Crippen LogP contribution in [-0.2, 0) is 9.96 Å². The summed E-state index contributed by atoms with van der Waals surface area (Å²) in [4.78, 5) is 6.38. The summed E-state index contributed by atoms with van der Waals surface area (Å²) in [6, 6.07) is 15.4. The van der Waals surface area contributed by atoms with Gasteiger partial charge < -0.3 is 18.7 Å². The van der Waals surface area contributed by atoms with E-state index in [0.29, 0.717) is 0 Å². The van der Waals surface area contributed by atoms with Gasteiger partial charge in [0.25, 0.3) is 5.54 Å². The van der Waals surface area contributed by atoms with Crippen molar-refractivity contribution >= 4 is 19.7 Å². The normalized spacial score (nSPS) is 14.7. The highest BCUT2D eigenvalue weighted by atomic mass is 28.4. The molecule has 0 atom stereocenters. The monoisotopic (exact) mass is 557 g/mol. The Hall–Kier alpha value is -2.88. The Morgan fingerprint density at radius 2 is 1.68 bits per heavy atom.